The Balaban J connectivity index is 2.23. The number of allylic oxidation sites excluding steroid dienone is 2. The molecule has 1 aromatic rings. The van der Waals surface area contributed by atoms with Crippen molar-refractivity contribution in [1.82, 2.24) is 0 Å². The lowest BCUT2D eigenvalue weighted by Crippen LogP contribution is -2.01. The Kier molecular flexibility index (Phi) is 1.78. The molecule has 2 nitrogen and oxygen atoms in total. The zero-order valence-corrected chi connectivity index (χ0v) is 8.42. The van der Waals surface area contributed by atoms with Gasteiger partial charge in [-0.25, -0.2) is 0 Å². The van der Waals surface area contributed by atoms with E-state index in [2.05, 4.69) is 18.2 Å². The lowest BCUT2D eigenvalue weighted by atomic mass is 9.89. The summed E-state index contributed by atoms with van der Waals surface area (Å²) < 4.78 is 5.65. The molecule has 0 radical (unpaired) electrons. The average molecular weight is 197 g/mol. The highest BCUT2D eigenvalue weighted by Crippen LogP contribution is 2.37. The molecule has 0 unspecified atom stereocenters. The van der Waals surface area contributed by atoms with Crippen molar-refractivity contribution in [3.8, 4) is 11.8 Å². The van der Waals surface area contributed by atoms with Crippen molar-refractivity contribution < 1.29 is 4.74 Å². The molecule has 0 saturated heterocycles. The minimum absolute atomic E-state index is 0.789. The molecule has 1 heterocycles. The van der Waals surface area contributed by atoms with Gasteiger partial charge in [0, 0.05) is 12.0 Å². The van der Waals surface area contributed by atoms with Gasteiger partial charge >= 0.3 is 0 Å². The Hall–Kier alpha value is -1.75. The molecule has 2 aliphatic rings. The summed E-state index contributed by atoms with van der Waals surface area (Å²) in [4.78, 5) is 0. The number of hydrogen-bond acceptors (Lipinski definition) is 2. The highest BCUT2D eigenvalue weighted by atomic mass is 16.5. The Morgan fingerprint density at radius 3 is 3.07 bits per heavy atom. The summed E-state index contributed by atoms with van der Waals surface area (Å²) in [6.45, 7) is 0.789. The van der Waals surface area contributed by atoms with Crippen molar-refractivity contribution >= 4 is 5.57 Å². The summed E-state index contributed by atoms with van der Waals surface area (Å²) in [5.74, 6) is 1.05. The van der Waals surface area contributed by atoms with Crippen LogP contribution in [0.3, 0.4) is 0 Å². The summed E-state index contributed by atoms with van der Waals surface area (Å²) in [5.41, 5.74) is 4.41. The predicted octanol–water partition coefficient (Wildman–Crippen LogP) is 2.47. The van der Waals surface area contributed by atoms with Crippen molar-refractivity contribution in [2.45, 2.75) is 19.3 Å². The molecule has 3 rings (SSSR count). The van der Waals surface area contributed by atoms with Gasteiger partial charge < -0.3 is 4.74 Å². The lowest BCUT2D eigenvalue weighted by Gasteiger charge is -2.16. The molecule has 0 spiro atoms. The molecule has 74 valence electrons. The van der Waals surface area contributed by atoms with Gasteiger partial charge in [0.25, 0.3) is 0 Å². The lowest BCUT2D eigenvalue weighted by molar-refractivity contribution is 0.353. The van der Waals surface area contributed by atoms with E-state index in [-0.39, 0.29) is 0 Å². The van der Waals surface area contributed by atoms with Crippen LogP contribution in [0, 0.1) is 11.3 Å². The molecule has 15 heavy (non-hydrogen) atoms. The van der Waals surface area contributed by atoms with Crippen LogP contribution in [-0.4, -0.2) is 6.61 Å². The van der Waals surface area contributed by atoms with Crippen LogP contribution in [-0.2, 0) is 12.8 Å². The van der Waals surface area contributed by atoms with Crippen LogP contribution >= 0.6 is 0 Å². The van der Waals surface area contributed by atoms with Crippen LogP contribution in [0.15, 0.2) is 18.2 Å². The molecule has 0 atom stereocenters. The minimum atomic E-state index is 0.789. The molecule has 1 aliphatic heterocycles. The summed E-state index contributed by atoms with van der Waals surface area (Å²) in [7, 11) is 0. The molecule has 0 N–H and O–H groups in total. The van der Waals surface area contributed by atoms with Gasteiger partial charge in [-0.3, -0.25) is 0 Å². The second kappa shape index (κ2) is 3.13. The molecule has 1 aliphatic carbocycles. The topological polar surface area (TPSA) is 33.0 Å². The summed E-state index contributed by atoms with van der Waals surface area (Å²) in [5, 5.41) is 9.03. The van der Waals surface area contributed by atoms with Crippen LogP contribution in [0.1, 0.15) is 23.1 Å². The first-order chi connectivity index (χ1) is 7.40. The molecule has 0 aromatic heterocycles. The van der Waals surface area contributed by atoms with Crippen molar-refractivity contribution in [2.24, 2.45) is 0 Å². The largest absolute Gasteiger partial charge is 0.493 e. The van der Waals surface area contributed by atoms with Crippen LogP contribution < -0.4 is 4.74 Å². The maximum Gasteiger partial charge on any atom is 0.126 e. The standard InChI is InChI=1S/C13H11NO/c14-8-10-2-1-3-12-11(10)5-4-9-6-7-15-13(9)12/h2,4-5H,1,3,6-7H2. The Morgan fingerprint density at radius 1 is 1.27 bits per heavy atom. The molecule has 2 heteroatoms. The van der Waals surface area contributed by atoms with Gasteiger partial charge in [0.05, 0.1) is 18.2 Å². The molecule has 1 aromatic carbocycles. The summed E-state index contributed by atoms with van der Waals surface area (Å²) in [6.07, 6.45) is 4.98. The highest BCUT2D eigenvalue weighted by Gasteiger charge is 2.22. The third kappa shape index (κ3) is 1.16. The van der Waals surface area contributed by atoms with E-state index in [9.17, 15) is 0 Å². The zero-order valence-electron chi connectivity index (χ0n) is 8.42. The minimum Gasteiger partial charge on any atom is -0.493 e. The predicted molar refractivity (Wildman–Crippen MR) is 57.6 cm³/mol. The van der Waals surface area contributed by atoms with Crippen LogP contribution in [0.25, 0.3) is 5.57 Å². The quantitative estimate of drug-likeness (QED) is 0.640. The SMILES string of the molecule is N#CC1=CCCc2c1ccc1c2OCC1. The molecule has 0 bridgehead atoms. The smallest absolute Gasteiger partial charge is 0.126 e. The summed E-state index contributed by atoms with van der Waals surface area (Å²) in [6, 6.07) is 6.42. The van der Waals surface area contributed by atoms with Gasteiger partial charge in [-0.05, 0) is 24.0 Å². The average Bonchev–Trinajstić information content (AvgIpc) is 2.76. The fraction of sp³-hybridized carbons (Fsp3) is 0.308. The van der Waals surface area contributed by atoms with Crippen LogP contribution in [0.2, 0.25) is 0 Å². The van der Waals surface area contributed by atoms with Crippen molar-refractivity contribution in [1.29, 1.82) is 5.26 Å². The van der Waals surface area contributed by atoms with Gasteiger partial charge in [0.1, 0.15) is 5.75 Å². The van der Waals surface area contributed by atoms with Crippen molar-refractivity contribution in [3.63, 3.8) is 0 Å². The zero-order chi connectivity index (χ0) is 10.3. The number of hydrogen-bond donors (Lipinski definition) is 0. The second-order valence-corrected chi connectivity index (χ2v) is 3.95. The van der Waals surface area contributed by atoms with E-state index in [0.29, 0.717) is 0 Å². The molecule has 0 fully saturated rings. The van der Waals surface area contributed by atoms with Gasteiger partial charge in [-0.15, -0.1) is 0 Å². The number of rotatable bonds is 0. The molecular weight excluding hydrogens is 186 g/mol. The van der Waals surface area contributed by atoms with E-state index >= 15 is 0 Å². The monoisotopic (exact) mass is 197 g/mol. The molecular formula is C13H11NO. The summed E-state index contributed by atoms with van der Waals surface area (Å²) >= 11 is 0. The fourth-order valence-corrected chi connectivity index (χ4v) is 2.39. The number of nitrogens with zero attached hydrogens (tertiary/aromatic N) is 1. The van der Waals surface area contributed by atoms with E-state index in [1.54, 1.807) is 0 Å². The van der Waals surface area contributed by atoms with E-state index in [1.807, 2.05) is 6.08 Å². The number of fused-ring (bicyclic) bond motifs is 3. The Morgan fingerprint density at radius 2 is 2.20 bits per heavy atom. The van der Waals surface area contributed by atoms with E-state index < -0.39 is 0 Å². The van der Waals surface area contributed by atoms with Crippen molar-refractivity contribution in [3.05, 3.63) is 34.9 Å². The van der Waals surface area contributed by atoms with E-state index in [1.165, 1.54) is 11.1 Å². The van der Waals surface area contributed by atoms with Gasteiger partial charge in [0.15, 0.2) is 0 Å². The van der Waals surface area contributed by atoms with Crippen LogP contribution in [0.4, 0.5) is 0 Å². The third-order valence-electron chi connectivity index (χ3n) is 3.11. The van der Waals surface area contributed by atoms with Gasteiger partial charge in [-0.2, -0.15) is 5.26 Å². The van der Waals surface area contributed by atoms with E-state index in [4.69, 9.17) is 10.00 Å². The maximum atomic E-state index is 9.03. The fourth-order valence-electron chi connectivity index (χ4n) is 2.39. The first-order valence-corrected chi connectivity index (χ1v) is 5.28. The van der Waals surface area contributed by atoms with Crippen LogP contribution in [0.5, 0.6) is 5.75 Å². The van der Waals surface area contributed by atoms with E-state index in [0.717, 1.165) is 42.8 Å². The second-order valence-electron chi connectivity index (χ2n) is 3.95. The van der Waals surface area contributed by atoms with Gasteiger partial charge in [-0.1, -0.05) is 18.2 Å². The first-order valence-electron chi connectivity index (χ1n) is 5.28. The number of ether oxygens (including phenoxy) is 1. The Labute approximate surface area is 88.8 Å². The highest BCUT2D eigenvalue weighted by molar-refractivity contribution is 5.81. The Bertz CT molecular complexity index is 494. The number of nitriles is 1. The van der Waals surface area contributed by atoms with Gasteiger partial charge in [0.2, 0.25) is 0 Å². The first kappa shape index (κ1) is 8.55. The van der Waals surface area contributed by atoms with Crippen molar-refractivity contribution in [2.75, 3.05) is 6.61 Å². The third-order valence-corrected chi connectivity index (χ3v) is 3.11. The molecule has 0 amide bonds. The number of benzene rings is 1. The molecule has 0 saturated carbocycles. The maximum absolute atomic E-state index is 9.03. The normalized spacial score (nSPS) is 17.1.